The molecule has 2 heterocycles. The van der Waals surface area contributed by atoms with Gasteiger partial charge in [-0.2, -0.15) is 0 Å². The Kier molecular flexibility index (Phi) is 5.72. The number of aryl methyl sites for hydroxylation is 2. The molecule has 0 bridgehead atoms. The minimum atomic E-state index is -1.55. The van der Waals surface area contributed by atoms with Crippen molar-refractivity contribution in [1.82, 2.24) is 0 Å². The van der Waals surface area contributed by atoms with Gasteiger partial charge in [-0.05, 0) is 54.8 Å². The van der Waals surface area contributed by atoms with Crippen molar-refractivity contribution in [3.8, 4) is 5.75 Å². The highest BCUT2D eigenvalue weighted by Gasteiger charge is 2.43. The number of benzene rings is 2. The van der Waals surface area contributed by atoms with Gasteiger partial charge in [0.1, 0.15) is 47.2 Å². The maximum atomic E-state index is 10.4. The first kappa shape index (κ1) is 21.3. The Morgan fingerprint density at radius 1 is 1.06 bits per heavy atom. The predicted octanol–water partition coefficient (Wildman–Crippen LogP) is 2.33. The normalized spacial score (nSPS) is 25.4. The minimum absolute atomic E-state index is 0.133. The lowest BCUT2D eigenvalue weighted by Gasteiger charge is -2.37. The molecular weight excluding hydrogens is 402 g/mol. The van der Waals surface area contributed by atoms with Gasteiger partial charge in [0.15, 0.2) is 0 Å². The number of aliphatic hydroxyl groups excluding tert-OH is 3. The van der Waals surface area contributed by atoms with Gasteiger partial charge in [0.25, 0.3) is 0 Å². The van der Waals surface area contributed by atoms with E-state index in [9.17, 15) is 25.6 Å². The SMILES string of the molecule is Cc1ccc2oc(Cc3ccc(O)c([C@@H]4O[C@H](CO)[C@@H](O)C(O)/C4=N\O)c3)cc2c1C. The number of aromatic hydroxyl groups is 1. The van der Waals surface area contributed by atoms with Gasteiger partial charge in [-0.15, -0.1) is 0 Å². The van der Waals surface area contributed by atoms with Gasteiger partial charge in [-0.3, -0.25) is 0 Å². The molecule has 0 saturated carbocycles. The molecule has 1 fully saturated rings. The van der Waals surface area contributed by atoms with E-state index in [0.717, 1.165) is 27.9 Å². The van der Waals surface area contributed by atoms with Gasteiger partial charge in [0.2, 0.25) is 0 Å². The first-order valence-corrected chi connectivity index (χ1v) is 9.98. The summed E-state index contributed by atoms with van der Waals surface area (Å²) in [5.41, 5.74) is 3.92. The molecule has 0 spiro atoms. The van der Waals surface area contributed by atoms with E-state index in [2.05, 4.69) is 5.16 Å². The van der Waals surface area contributed by atoms with Crippen LogP contribution in [0.3, 0.4) is 0 Å². The fourth-order valence-electron chi connectivity index (χ4n) is 3.98. The fourth-order valence-corrected chi connectivity index (χ4v) is 3.98. The van der Waals surface area contributed by atoms with Crippen LogP contribution in [0.25, 0.3) is 11.0 Å². The predicted molar refractivity (Wildman–Crippen MR) is 113 cm³/mol. The number of aliphatic hydroxyl groups is 3. The number of nitrogens with zero attached hydrogens (tertiary/aromatic N) is 1. The number of fused-ring (bicyclic) bond motifs is 1. The third kappa shape index (κ3) is 3.79. The van der Waals surface area contributed by atoms with Crippen LogP contribution in [-0.2, 0) is 11.2 Å². The molecule has 1 aromatic heterocycles. The van der Waals surface area contributed by atoms with Crippen molar-refractivity contribution in [3.63, 3.8) is 0 Å². The molecule has 8 heteroatoms. The number of phenolic OH excluding ortho intramolecular Hbond substituents is 1. The highest BCUT2D eigenvalue weighted by atomic mass is 16.5. The Labute approximate surface area is 178 Å². The van der Waals surface area contributed by atoms with Crippen LogP contribution in [0.2, 0.25) is 0 Å². The number of hydrogen-bond donors (Lipinski definition) is 5. The van der Waals surface area contributed by atoms with Crippen LogP contribution in [0.5, 0.6) is 5.75 Å². The minimum Gasteiger partial charge on any atom is -0.508 e. The summed E-state index contributed by atoms with van der Waals surface area (Å²) >= 11 is 0. The number of hydrogen-bond acceptors (Lipinski definition) is 8. The van der Waals surface area contributed by atoms with E-state index in [1.54, 1.807) is 12.1 Å². The van der Waals surface area contributed by atoms with E-state index in [0.29, 0.717) is 6.42 Å². The molecule has 5 N–H and O–H groups in total. The van der Waals surface area contributed by atoms with Crippen LogP contribution < -0.4 is 0 Å². The Morgan fingerprint density at radius 3 is 2.55 bits per heavy atom. The largest absolute Gasteiger partial charge is 0.508 e. The third-order valence-electron chi connectivity index (χ3n) is 5.93. The molecule has 3 aromatic rings. The van der Waals surface area contributed by atoms with Crippen LogP contribution in [0.4, 0.5) is 0 Å². The van der Waals surface area contributed by atoms with Gasteiger partial charge >= 0.3 is 0 Å². The second kappa shape index (κ2) is 8.32. The van der Waals surface area contributed by atoms with Gasteiger partial charge in [0.05, 0.1) is 6.61 Å². The maximum absolute atomic E-state index is 10.4. The highest BCUT2D eigenvalue weighted by Crippen LogP contribution is 2.36. The number of furan rings is 1. The number of ether oxygens (including phenoxy) is 1. The molecule has 1 saturated heterocycles. The molecule has 4 rings (SSSR count). The number of oxime groups is 1. The molecule has 0 aliphatic carbocycles. The quantitative estimate of drug-likeness (QED) is 0.318. The number of phenols is 1. The average Bonchev–Trinajstić information content (AvgIpc) is 3.17. The van der Waals surface area contributed by atoms with E-state index >= 15 is 0 Å². The van der Waals surface area contributed by atoms with Gasteiger partial charge < -0.3 is 34.8 Å². The van der Waals surface area contributed by atoms with E-state index in [1.807, 2.05) is 32.0 Å². The van der Waals surface area contributed by atoms with Crippen molar-refractivity contribution in [1.29, 1.82) is 0 Å². The van der Waals surface area contributed by atoms with E-state index in [1.165, 1.54) is 11.6 Å². The lowest BCUT2D eigenvalue weighted by Crippen LogP contribution is -2.53. The zero-order chi connectivity index (χ0) is 22.3. The van der Waals surface area contributed by atoms with Crippen LogP contribution >= 0.6 is 0 Å². The molecule has 1 aliphatic rings. The third-order valence-corrected chi connectivity index (χ3v) is 5.93. The summed E-state index contributed by atoms with van der Waals surface area (Å²) in [6.45, 7) is 3.54. The average molecular weight is 427 g/mol. The molecule has 164 valence electrons. The fraction of sp³-hybridized carbons (Fsp3) is 0.348. The topological polar surface area (TPSA) is 136 Å². The van der Waals surface area contributed by atoms with Crippen LogP contribution in [0.1, 0.15) is 34.1 Å². The summed E-state index contributed by atoms with van der Waals surface area (Å²) in [6.07, 6.45) is -4.81. The van der Waals surface area contributed by atoms with Crippen LogP contribution in [0, 0.1) is 13.8 Å². The van der Waals surface area contributed by atoms with Gasteiger partial charge in [0, 0.05) is 17.4 Å². The summed E-state index contributed by atoms with van der Waals surface area (Å²) in [7, 11) is 0. The Hall–Kier alpha value is -2.91. The van der Waals surface area contributed by atoms with Crippen molar-refractivity contribution in [3.05, 3.63) is 64.4 Å². The highest BCUT2D eigenvalue weighted by molar-refractivity contribution is 5.94. The van der Waals surface area contributed by atoms with Gasteiger partial charge in [-0.1, -0.05) is 17.3 Å². The van der Waals surface area contributed by atoms with Crippen molar-refractivity contribution in [2.45, 2.75) is 44.7 Å². The summed E-state index contributed by atoms with van der Waals surface area (Å²) in [5.74, 6) is 0.607. The summed E-state index contributed by atoms with van der Waals surface area (Å²) in [4.78, 5) is 0. The van der Waals surface area contributed by atoms with E-state index in [4.69, 9.17) is 9.15 Å². The zero-order valence-corrected chi connectivity index (χ0v) is 17.2. The van der Waals surface area contributed by atoms with Crippen molar-refractivity contribution < 1.29 is 34.8 Å². The van der Waals surface area contributed by atoms with Crippen molar-refractivity contribution >= 4 is 16.7 Å². The molecule has 4 atom stereocenters. The molecular formula is C23H25NO7. The van der Waals surface area contributed by atoms with Crippen LogP contribution in [0.15, 0.2) is 46.0 Å². The van der Waals surface area contributed by atoms with Crippen molar-refractivity contribution in [2.75, 3.05) is 6.61 Å². The summed E-state index contributed by atoms with van der Waals surface area (Å²) in [6, 6.07) is 10.8. The Morgan fingerprint density at radius 2 is 1.84 bits per heavy atom. The molecule has 1 aliphatic heterocycles. The smallest absolute Gasteiger partial charge is 0.134 e. The molecule has 0 amide bonds. The molecule has 8 nitrogen and oxygen atoms in total. The lowest BCUT2D eigenvalue weighted by molar-refractivity contribution is -0.130. The van der Waals surface area contributed by atoms with E-state index in [-0.39, 0.29) is 17.0 Å². The van der Waals surface area contributed by atoms with Crippen molar-refractivity contribution in [2.24, 2.45) is 5.16 Å². The summed E-state index contributed by atoms with van der Waals surface area (Å²) in [5, 5.41) is 53.7. The Balaban J connectivity index is 1.68. The molecule has 1 unspecified atom stereocenters. The second-order valence-corrected chi connectivity index (χ2v) is 7.90. The first-order chi connectivity index (χ1) is 14.8. The van der Waals surface area contributed by atoms with Crippen LogP contribution in [-0.4, -0.2) is 56.3 Å². The lowest BCUT2D eigenvalue weighted by atomic mass is 9.90. The first-order valence-electron chi connectivity index (χ1n) is 9.98. The molecule has 2 aromatic carbocycles. The zero-order valence-electron chi connectivity index (χ0n) is 17.2. The maximum Gasteiger partial charge on any atom is 0.134 e. The second-order valence-electron chi connectivity index (χ2n) is 7.90. The summed E-state index contributed by atoms with van der Waals surface area (Å²) < 4.78 is 11.6. The van der Waals surface area contributed by atoms with E-state index < -0.39 is 31.0 Å². The monoisotopic (exact) mass is 427 g/mol. The molecule has 0 radical (unpaired) electrons. The number of rotatable bonds is 4. The van der Waals surface area contributed by atoms with Gasteiger partial charge in [-0.25, -0.2) is 0 Å². The standard InChI is InChI=1S/C23H25NO7/c1-11-3-6-18-15(12(11)2)9-14(30-18)7-13-4-5-17(26)16(8-13)23-20(24-29)22(28)21(27)19(10-25)31-23/h3-6,8-9,19,21-23,25-29H,7,10H2,1-2H3/b24-20+/t19-,21-,22?,23+/m1/s1. The Bertz CT molecular complexity index is 1140. The molecule has 31 heavy (non-hydrogen) atoms.